The Bertz CT molecular complexity index is 4100. The number of anilines is 4. The Morgan fingerprint density at radius 3 is 1.27 bits per heavy atom. The van der Waals surface area contributed by atoms with Crippen LogP contribution in [0.5, 0.6) is 5.75 Å². The third-order valence-corrected chi connectivity index (χ3v) is 28.1. The summed E-state index contributed by atoms with van der Waals surface area (Å²) in [5.74, 6) is 0.903. The van der Waals surface area contributed by atoms with Crippen molar-refractivity contribution in [3.05, 3.63) is 103 Å². The molecule has 11 heterocycles. The number of nitrogens with zero attached hydrogens (tertiary/aromatic N) is 9. The largest absolute Gasteiger partial charge is 0.498 e. The van der Waals surface area contributed by atoms with E-state index in [0.29, 0.717) is 30.7 Å². The fourth-order valence-electron chi connectivity index (χ4n) is 16.4. The van der Waals surface area contributed by atoms with Gasteiger partial charge in [-0.1, -0.05) is 42.5 Å². The molecule has 1 aliphatic carbocycles. The van der Waals surface area contributed by atoms with Gasteiger partial charge in [0.2, 0.25) is 0 Å². The molecule has 1 amide bonds. The van der Waals surface area contributed by atoms with Gasteiger partial charge in [-0.05, 0) is 290 Å². The molecule has 5 aromatic rings. The van der Waals surface area contributed by atoms with Crippen LogP contribution in [-0.2, 0) is 51.3 Å². The van der Waals surface area contributed by atoms with Crippen LogP contribution in [0.25, 0.3) is 0 Å². The maximum Gasteiger partial charge on any atom is 0.498 e. The van der Waals surface area contributed by atoms with E-state index >= 15 is 0 Å². The van der Waals surface area contributed by atoms with Crippen molar-refractivity contribution in [2.75, 3.05) is 139 Å². The molecule has 1 saturated carbocycles. The Labute approximate surface area is 722 Å². The number of methoxy groups -OCH3 is 1. The third kappa shape index (κ3) is 21.4. The summed E-state index contributed by atoms with van der Waals surface area (Å²) in [4.78, 5) is 28.5. The van der Waals surface area contributed by atoms with Crippen LogP contribution in [-0.4, -0.2) is 265 Å². The molecule has 16 rings (SSSR count). The van der Waals surface area contributed by atoms with Gasteiger partial charge in [0, 0.05) is 145 Å². The monoisotopic (exact) mass is 1660 g/mol. The highest BCUT2D eigenvalue weighted by Gasteiger charge is 2.57. The number of carbonyl (C=O) groups excluding carboxylic acids is 1. The van der Waals surface area contributed by atoms with E-state index in [4.69, 9.17) is 61.1 Å². The first kappa shape index (κ1) is 93.3. The first-order valence-electron chi connectivity index (χ1n) is 44.5. The lowest BCUT2D eigenvalue weighted by Gasteiger charge is -2.37. The maximum atomic E-state index is 12.3. The number of piperidine rings is 1. The number of aryl methyl sites for hydroxylation is 1. The molecule has 2 N–H and O–H groups in total. The van der Waals surface area contributed by atoms with Gasteiger partial charge in [0.1, 0.15) is 11.4 Å². The minimum Gasteiger partial charge on any atom is -0.495 e. The standard InChI is InChI=1S/C20H34BN3O4.C18H29BN2O3.C18H27BN2O2.C18H29BN2O2.C17H27BN2O2/c1-14-16(21-27-19(5,6)20(7,8)28-21)13-24(22-14)15-9-11-23(12-10-15)17(25)26-18(2,3)4;1-17(2)18(3,4)24-19(23-17)14-7-8-16(22-6)15(13-14)21-11-9-20(5)10-12-21;1-16(2)17(3,4)23-19(22-16)14-5-7-15(8-6-14)21-12-11-20-18(13-21)9-10-18;1-13-11-21(12-14(2)20-13)16-9-7-15(8-10-16)19-22-17(3,4)18(5,6)23-19;1-16(2)17(3,4)22-18(21-16)14-7-6-8-15(13-14)20-11-9-19(5)10-12-20/h13,15H,9-12H2,1-8H3;7-8,13H,9-12H2,1-6H3;5-8,20H,9-13H2,1-4H3;7-10,13-14,20H,11-12H2,1-6H3;6-8,13H,9-12H2,1-5H3/t;;;13-,14+;. The first-order valence-corrected chi connectivity index (χ1v) is 44.5. The molecule has 658 valence electrons. The van der Waals surface area contributed by atoms with Gasteiger partial charge in [0.15, 0.2) is 0 Å². The fourth-order valence-corrected chi connectivity index (χ4v) is 16.4. The summed E-state index contributed by atoms with van der Waals surface area (Å²) in [6.07, 6.45) is 6.14. The molecule has 0 unspecified atom stereocenters. The number of likely N-dealkylation sites (N-methyl/N-ethyl adjacent to an activating group) is 2. The van der Waals surface area contributed by atoms with E-state index in [9.17, 15) is 4.79 Å². The van der Waals surface area contributed by atoms with Gasteiger partial charge in [-0.2, -0.15) is 5.10 Å². The average molecular weight is 1660 g/mol. The van der Waals surface area contributed by atoms with Crippen molar-refractivity contribution in [1.29, 1.82) is 0 Å². The van der Waals surface area contributed by atoms with Crippen molar-refractivity contribution in [2.24, 2.45) is 0 Å². The Morgan fingerprint density at radius 2 is 0.850 bits per heavy atom. The summed E-state index contributed by atoms with van der Waals surface area (Å²) >= 11 is 0. The summed E-state index contributed by atoms with van der Waals surface area (Å²) in [6, 6.07) is 33.5. The van der Waals surface area contributed by atoms with Crippen molar-refractivity contribution < 1.29 is 60.8 Å². The molecule has 1 spiro atoms. The van der Waals surface area contributed by atoms with Crippen LogP contribution >= 0.6 is 0 Å². The number of carbonyl (C=O) groups is 1. The van der Waals surface area contributed by atoms with Gasteiger partial charge in [0.05, 0.1) is 80.5 Å². The minimum absolute atomic E-state index is 0.236. The van der Waals surface area contributed by atoms with Crippen LogP contribution in [0, 0.1) is 6.92 Å². The molecule has 0 radical (unpaired) electrons. The van der Waals surface area contributed by atoms with Crippen molar-refractivity contribution >= 4 is 91.7 Å². The first-order chi connectivity index (χ1) is 55.8. The van der Waals surface area contributed by atoms with Crippen LogP contribution in [0.3, 0.4) is 0 Å². The number of hydrogen-bond acceptors (Lipinski definition) is 22. The zero-order chi connectivity index (χ0) is 87.5. The molecule has 4 aromatic carbocycles. The van der Waals surface area contributed by atoms with E-state index < -0.39 is 12.7 Å². The molecule has 10 saturated heterocycles. The zero-order valence-corrected chi connectivity index (χ0v) is 78.6. The van der Waals surface area contributed by atoms with Crippen LogP contribution in [0.4, 0.5) is 27.5 Å². The van der Waals surface area contributed by atoms with E-state index in [1.165, 1.54) is 29.9 Å². The summed E-state index contributed by atoms with van der Waals surface area (Å²) in [6.45, 7) is 69.0. The average Bonchev–Trinajstić information content (AvgIpc) is 1.68. The van der Waals surface area contributed by atoms with E-state index in [0.717, 1.165) is 142 Å². The lowest BCUT2D eigenvalue weighted by Crippen LogP contribution is -2.54. The van der Waals surface area contributed by atoms with Gasteiger partial charge < -0.3 is 101 Å². The molecule has 29 heteroatoms. The van der Waals surface area contributed by atoms with Gasteiger partial charge in [0.25, 0.3) is 0 Å². The maximum absolute atomic E-state index is 12.3. The lowest BCUT2D eigenvalue weighted by molar-refractivity contribution is 0.00578. The molecule has 24 nitrogen and oxygen atoms in total. The van der Waals surface area contributed by atoms with E-state index in [1.54, 1.807) is 12.0 Å². The second-order valence-electron chi connectivity index (χ2n) is 41.6. The number of hydrogen-bond donors (Lipinski definition) is 2. The molecule has 1 aromatic heterocycles. The third-order valence-electron chi connectivity index (χ3n) is 28.1. The minimum atomic E-state index is -0.467. The number of amides is 1. The lowest BCUT2D eigenvalue weighted by atomic mass is 9.78. The number of nitrogens with one attached hydrogen (secondary N) is 2. The van der Waals surface area contributed by atoms with E-state index in [-0.39, 0.29) is 96.6 Å². The zero-order valence-electron chi connectivity index (χ0n) is 78.6. The van der Waals surface area contributed by atoms with Gasteiger partial charge in [-0.15, -0.1) is 0 Å². The summed E-state index contributed by atoms with van der Waals surface area (Å²) in [5.41, 5.74) is 8.01. The number of piperazine rings is 4. The van der Waals surface area contributed by atoms with Gasteiger partial charge >= 0.3 is 41.7 Å². The SMILES string of the molecule is CC1(C)OB(c2ccc(N3CCNC4(CC4)C3)cc2)OC1(C)C.CN1CCN(c2cccc(B3OC(C)(C)C(C)(C)O3)c2)CC1.COc1ccc(B2OC(C)(C)C(C)(C)O2)cc1N1CCN(C)CC1.C[C@@H]1CN(c2ccc(B3OC(C)(C)C(C)(C)O3)cc2)C[C@H](C)N1.Cc1nn(C2CCN(C(=O)OC(C)(C)C)CC2)cc1B1OC(C)(C)C(C)(C)O1. The van der Waals surface area contributed by atoms with Crippen molar-refractivity contribution in [3.63, 3.8) is 0 Å². The number of likely N-dealkylation sites (tertiary alicyclic amines) is 1. The van der Waals surface area contributed by atoms with Crippen molar-refractivity contribution in [1.82, 2.24) is 35.1 Å². The van der Waals surface area contributed by atoms with Gasteiger partial charge in [-0.25, -0.2) is 4.79 Å². The highest BCUT2D eigenvalue weighted by Crippen LogP contribution is 2.44. The summed E-state index contributed by atoms with van der Waals surface area (Å²) in [7, 11) is 4.49. The molecule has 120 heavy (non-hydrogen) atoms. The van der Waals surface area contributed by atoms with Crippen LogP contribution in [0.1, 0.15) is 211 Å². The second kappa shape index (κ2) is 35.5. The highest BCUT2D eigenvalue weighted by atomic mass is 16.7. The molecular weight excluding hydrogens is 1510 g/mol. The fraction of sp³-hybridized carbons (Fsp3) is 0.692. The summed E-state index contributed by atoms with van der Waals surface area (Å²) in [5, 5.41) is 12.0. The smallest absolute Gasteiger partial charge is 0.495 e. The van der Waals surface area contributed by atoms with Crippen LogP contribution in [0.2, 0.25) is 0 Å². The van der Waals surface area contributed by atoms with Crippen molar-refractivity contribution in [2.45, 2.75) is 291 Å². The topological polar surface area (TPSA) is 192 Å². The predicted octanol–water partition coefficient (Wildman–Crippen LogP) is 10.6. The quantitative estimate of drug-likeness (QED) is 0.119. The van der Waals surface area contributed by atoms with Crippen LogP contribution in [0.15, 0.2) is 97.2 Å². The second-order valence-corrected chi connectivity index (χ2v) is 41.6. The normalized spacial score (nSPS) is 25.5. The molecule has 11 fully saturated rings. The van der Waals surface area contributed by atoms with Crippen molar-refractivity contribution in [3.8, 4) is 5.75 Å². The Morgan fingerprint density at radius 1 is 0.458 bits per heavy atom. The molecule has 2 atom stereocenters. The number of aromatic nitrogens is 2. The number of benzene rings is 4. The molecule has 11 aliphatic rings. The van der Waals surface area contributed by atoms with E-state index in [1.807, 2.05) is 50.7 Å². The Kier molecular flexibility index (Phi) is 27.6. The van der Waals surface area contributed by atoms with Gasteiger partial charge in [-0.3, -0.25) is 4.68 Å². The van der Waals surface area contributed by atoms with E-state index in [2.05, 4.69) is 285 Å². The molecular formula is C91H146B5N11O13. The number of rotatable bonds is 11. The summed E-state index contributed by atoms with van der Waals surface area (Å²) < 4.78 is 74.7. The number of ether oxygens (including phenoxy) is 2. The molecule has 0 bridgehead atoms. The molecule has 10 aliphatic heterocycles. The Balaban J connectivity index is 0.000000138. The predicted molar refractivity (Wildman–Crippen MR) is 490 cm³/mol. The Hall–Kier alpha value is -5.88. The van der Waals surface area contributed by atoms with Crippen LogP contribution < -0.4 is 62.3 Å². The highest BCUT2D eigenvalue weighted by molar-refractivity contribution is 6.64.